The van der Waals surface area contributed by atoms with Gasteiger partial charge in [-0.15, -0.1) is 0 Å². The number of rotatable bonds is 8. The van der Waals surface area contributed by atoms with Crippen molar-refractivity contribution in [3.05, 3.63) is 16.7 Å². The monoisotopic (exact) mass is 570 g/mol. The van der Waals surface area contributed by atoms with Crippen LogP contribution in [0, 0.1) is 5.41 Å². The van der Waals surface area contributed by atoms with Crippen LogP contribution in [0.3, 0.4) is 0 Å². The zero-order valence-corrected chi connectivity index (χ0v) is 20.6. The highest BCUT2D eigenvalue weighted by molar-refractivity contribution is 7.61. The maximum atomic E-state index is 12.3. The van der Waals surface area contributed by atoms with Gasteiger partial charge in [0.1, 0.15) is 24.4 Å². The Kier molecular flexibility index (Phi) is 7.70. The van der Waals surface area contributed by atoms with Crippen LogP contribution in [0.1, 0.15) is 19.6 Å². The lowest BCUT2D eigenvalue weighted by Gasteiger charge is -2.33. The molecule has 2 aromatic heterocycles. The Balaban J connectivity index is 1.39. The first-order chi connectivity index (χ1) is 17.2. The summed E-state index contributed by atoms with van der Waals surface area (Å²) in [6, 6.07) is 0. The molecule has 2 aliphatic rings. The maximum Gasteiger partial charge on any atom is 0.483 e. The quantitative estimate of drug-likeness (QED) is 0.161. The molecule has 0 radical (unpaired) electrons. The van der Waals surface area contributed by atoms with Crippen molar-refractivity contribution in [3.8, 4) is 0 Å². The van der Waals surface area contributed by atoms with Gasteiger partial charge < -0.3 is 45.7 Å². The third kappa shape index (κ3) is 5.98. The van der Waals surface area contributed by atoms with E-state index in [0.717, 1.165) is 10.9 Å². The Bertz CT molecular complexity index is 1330. The van der Waals surface area contributed by atoms with Crippen molar-refractivity contribution in [2.24, 2.45) is 0 Å². The number of aliphatic hydroxyl groups excluding tert-OH is 3. The van der Waals surface area contributed by atoms with Gasteiger partial charge >= 0.3 is 15.6 Å². The zero-order valence-electron chi connectivity index (χ0n) is 18.8. The van der Waals surface area contributed by atoms with Crippen molar-refractivity contribution >= 4 is 38.5 Å². The molecule has 19 nitrogen and oxygen atoms in total. The van der Waals surface area contributed by atoms with Gasteiger partial charge in [0, 0.05) is 12.1 Å². The minimum Gasteiger partial charge on any atom is -0.387 e. The number of nitrogens with one attached hydrogen (secondary N) is 2. The van der Waals surface area contributed by atoms with Gasteiger partial charge in [-0.1, -0.05) is 0 Å². The van der Waals surface area contributed by atoms with Crippen LogP contribution < -0.4 is 11.3 Å². The number of hydrogen-bond acceptors (Lipinski definition) is 15. The summed E-state index contributed by atoms with van der Waals surface area (Å²) in [5.74, 6) is -0.250. The fraction of sp³-hybridized carbons (Fsp3) is 0.625. The number of nitrogen functional groups attached to an aromatic ring is 1. The Labute approximate surface area is 206 Å². The molecular weight excluding hydrogens is 546 g/mol. The SMILES string of the molecule is C[C@H]1O[C@H](OP(=O)(O)OP(=O)(O)OC[C@H]2O[C@@H](n3cnc4c(=O)[nH]c(N)nc43)[C@H](O)[C@@H]2O)[C@@H](O)CC1=N. The summed E-state index contributed by atoms with van der Waals surface area (Å²) < 4.78 is 49.6. The lowest BCUT2D eigenvalue weighted by atomic mass is 10.1. The van der Waals surface area contributed by atoms with E-state index in [-0.39, 0.29) is 29.2 Å². The third-order valence-corrected chi connectivity index (χ3v) is 8.08. The van der Waals surface area contributed by atoms with E-state index in [2.05, 4.69) is 28.3 Å². The van der Waals surface area contributed by atoms with Crippen molar-refractivity contribution in [1.82, 2.24) is 19.5 Å². The van der Waals surface area contributed by atoms with E-state index in [0.29, 0.717) is 0 Å². The van der Waals surface area contributed by atoms with Gasteiger partial charge in [0.05, 0.1) is 19.0 Å². The van der Waals surface area contributed by atoms with Crippen LogP contribution in [0.15, 0.2) is 11.1 Å². The summed E-state index contributed by atoms with van der Waals surface area (Å²) in [7, 11) is -10.7. The second kappa shape index (κ2) is 10.2. The molecule has 0 bridgehead atoms. The fourth-order valence-electron chi connectivity index (χ4n) is 3.65. The van der Waals surface area contributed by atoms with Crippen LogP contribution in [0.5, 0.6) is 0 Å². The number of phosphoric ester groups is 2. The van der Waals surface area contributed by atoms with Crippen LogP contribution in [-0.2, 0) is 32.0 Å². The van der Waals surface area contributed by atoms with Gasteiger partial charge in [-0.25, -0.2) is 14.1 Å². The highest BCUT2D eigenvalue weighted by Gasteiger charge is 2.47. The summed E-state index contributed by atoms with van der Waals surface area (Å²) in [6.45, 7) is 0.514. The molecule has 2 saturated heterocycles. The van der Waals surface area contributed by atoms with Crippen LogP contribution in [-0.4, -0.2) is 93.8 Å². The summed E-state index contributed by atoms with van der Waals surface area (Å²) in [5, 5.41) is 38.2. The molecule has 21 heteroatoms. The number of anilines is 1. The van der Waals surface area contributed by atoms with Crippen molar-refractivity contribution in [2.45, 2.75) is 56.4 Å². The summed E-state index contributed by atoms with van der Waals surface area (Å²) in [4.78, 5) is 41.7. The molecular formula is C16H24N6O13P2. The molecule has 2 aliphatic heterocycles. The van der Waals surface area contributed by atoms with Crippen LogP contribution in [0.4, 0.5) is 5.95 Å². The normalized spacial score (nSPS) is 33.9. The zero-order chi connectivity index (χ0) is 27.3. The Morgan fingerprint density at radius 2 is 1.95 bits per heavy atom. The first kappa shape index (κ1) is 27.9. The van der Waals surface area contributed by atoms with Gasteiger partial charge in [0.15, 0.2) is 23.7 Å². The Morgan fingerprint density at radius 3 is 2.65 bits per heavy atom. The first-order valence-corrected chi connectivity index (χ1v) is 13.5. The Hall–Kier alpha value is -2.12. The number of aromatic nitrogens is 4. The maximum absolute atomic E-state index is 12.3. The third-order valence-electron chi connectivity index (χ3n) is 5.48. The molecule has 37 heavy (non-hydrogen) atoms. The van der Waals surface area contributed by atoms with Crippen molar-refractivity contribution in [1.29, 1.82) is 5.41 Å². The molecule has 0 spiro atoms. The number of hydrogen-bond donors (Lipinski definition) is 8. The Morgan fingerprint density at radius 1 is 1.24 bits per heavy atom. The lowest BCUT2D eigenvalue weighted by Crippen LogP contribution is -2.44. The smallest absolute Gasteiger partial charge is 0.387 e. The van der Waals surface area contributed by atoms with E-state index in [4.69, 9.17) is 20.6 Å². The number of nitrogens with zero attached hydrogens (tertiary/aromatic N) is 3. The van der Waals surface area contributed by atoms with Crippen molar-refractivity contribution < 1.29 is 57.1 Å². The van der Waals surface area contributed by atoms with Gasteiger partial charge in [-0.2, -0.15) is 9.29 Å². The number of phosphoric acid groups is 2. The second-order valence-corrected chi connectivity index (χ2v) is 11.2. The molecule has 0 amide bonds. The van der Waals surface area contributed by atoms with E-state index in [9.17, 15) is 39.0 Å². The molecule has 206 valence electrons. The molecule has 4 rings (SSSR count). The number of H-pyrrole nitrogens is 1. The number of ether oxygens (including phenoxy) is 2. The number of fused-ring (bicyclic) bond motifs is 1. The molecule has 0 aromatic carbocycles. The van der Waals surface area contributed by atoms with E-state index in [1.54, 1.807) is 0 Å². The van der Waals surface area contributed by atoms with Crippen molar-refractivity contribution in [3.63, 3.8) is 0 Å². The second-order valence-electron chi connectivity index (χ2n) is 8.18. The molecule has 4 heterocycles. The number of aliphatic hydroxyl groups is 3. The average Bonchev–Trinajstić information content (AvgIpc) is 3.31. The predicted octanol–water partition coefficient (Wildman–Crippen LogP) is -1.91. The number of imidazole rings is 1. The molecule has 9 atom stereocenters. The van der Waals surface area contributed by atoms with Crippen LogP contribution in [0.25, 0.3) is 11.2 Å². The fourth-order valence-corrected chi connectivity index (χ4v) is 5.83. The first-order valence-electron chi connectivity index (χ1n) is 10.5. The van der Waals surface area contributed by atoms with E-state index in [1.165, 1.54) is 6.92 Å². The molecule has 2 fully saturated rings. The van der Waals surface area contributed by atoms with Gasteiger partial charge in [-0.05, 0) is 6.92 Å². The topological polar surface area (TPSA) is 295 Å². The molecule has 0 aliphatic carbocycles. The summed E-state index contributed by atoms with van der Waals surface area (Å²) >= 11 is 0. The van der Waals surface area contributed by atoms with E-state index >= 15 is 0 Å². The predicted molar refractivity (Wildman–Crippen MR) is 119 cm³/mol. The largest absolute Gasteiger partial charge is 0.483 e. The average molecular weight is 570 g/mol. The molecule has 2 unspecified atom stereocenters. The van der Waals surface area contributed by atoms with Gasteiger partial charge in [0.2, 0.25) is 5.95 Å². The van der Waals surface area contributed by atoms with Gasteiger partial charge in [0.25, 0.3) is 5.56 Å². The van der Waals surface area contributed by atoms with Crippen molar-refractivity contribution in [2.75, 3.05) is 12.3 Å². The minimum absolute atomic E-state index is 0.00237. The molecule has 9 N–H and O–H groups in total. The summed E-state index contributed by atoms with van der Waals surface area (Å²) in [6.07, 6.45) is -9.44. The molecule has 2 aromatic rings. The van der Waals surface area contributed by atoms with Crippen LogP contribution >= 0.6 is 15.6 Å². The summed E-state index contributed by atoms with van der Waals surface area (Å²) in [5.41, 5.74) is 4.65. The number of aromatic amines is 1. The van der Waals surface area contributed by atoms with E-state index < -0.39 is 70.8 Å². The van der Waals surface area contributed by atoms with Gasteiger partial charge in [-0.3, -0.25) is 23.4 Å². The lowest BCUT2D eigenvalue weighted by molar-refractivity contribution is -0.172. The number of nitrogens with two attached hydrogens (primary N) is 1. The standard InChI is InChI=1S/C16H24N6O13P2/c1-5-6(17)2-7(23)15(32-5)34-37(29,30)35-36(27,28)31-3-8-10(24)11(25)14(33-8)22-4-19-9-12(22)20-16(18)21-13(9)26/h4-5,7-8,10-11,14-15,17,23-25H,2-3H2,1H3,(H,27,28)(H,29,30)(H3,18,20,21,26)/t5-,7+,8-,10-,11-,14-,15-/m1/s1. The highest BCUT2D eigenvalue weighted by atomic mass is 31.3. The minimum atomic E-state index is -5.35. The highest BCUT2D eigenvalue weighted by Crippen LogP contribution is 2.61. The van der Waals surface area contributed by atoms with E-state index in [1.807, 2.05) is 0 Å². The van der Waals surface area contributed by atoms with Crippen LogP contribution in [0.2, 0.25) is 0 Å². The molecule has 0 saturated carbocycles.